The van der Waals surface area contributed by atoms with Gasteiger partial charge < -0.3 is 20.3 Å². The van der Waals surface area contributed by atoms with Gasteiger partial charge in [0.2, 0.25) is 0 Å². The van der Waals surface area contributed by atoms with E-state index in [1.54, 1.807) is 0 Å². The van der Waals surface area contributed by atoms with Crippen LogP contribution in [0.3, 0.4) is 0 Å². The first-order valence-corrected chi connectivity index (χ1v) is 4.53. The van der Waals surface area contributed by atoms with Gasteiger partial charge in [-0.15, -0.1) is 0 Å². The van der Waals surface area contributed by atoms with Crippen LogP contribution in [0.15, 0.2) is 0 Å². The molecule has 0 bridgehead atoms. The van der Waals surface area contributed by atoms with Gasteiger partial charge in [-0.3, -0.25) is 9.59 Å². The summed E-state index contributed by atoms with van der Waals surface area (Å²) < 4.78 is 0. The summed E-state index contributed by atoms with van der Waals surface area (Å²) in [7, 11) is 0. The molecule has 6 nitrogen and oxygen atoms in total. The van der Waals surface area contributed by atoms with Crippen molar-refractivity contribution in [1.29, 1.82) is 0 Å². The second kappa shape index (κ2) is 6.13. The van der Waals surface area contributed by atoms with Gasteiger partial charge in [-0.05, 0) is 13.8 Å². The molecule has 0 saturated carbocycles. The monoisotopic (exact) mass is 217 g/mol. The predicted molar refractivity (Wildman–Crippen MR) is 51.5 cm³/mol. The molecule has 0 rings (SSSR count). The number of hydrogen-bond acceptors (Lipinski definition) is 4. The Kier molecular flexibility index (Phi) is 5.54. The van der Waals surface area contributed by atoms with E-state index in [9.17, 15) is 14.4 Å². The first kappa shape index (κ1) is 13.6. The van der Waals surface area contributed by atoms with Crippen molar-refractivity contribution in [3.05, 3.63) is 0 Å². The highest BCUT2D eigenvalue weighted by Crippen LogP contribution is 2.03. The molecule has 0 saturated heterocycles. The van der Waals surface area contributed by atoms with Gasteiger partial charge in [0.15, 0.2) is 0 Å². The molecular formula is C9H15NO5. The SMILES string of the molecule is CC(=O)CC(CNC(C)C(=O)O)C(=O)O. The number of aliphatic carboxylic acids is 2. The summed E-state index contributed by atoms with van der Waals surface area (Å²) in [6.07, 6.45) is -0.0886. The number of ketones is 1. The summed E-state index contributed by atoms with van der Waals surface area (Å²) >= 11 is 0. The third-order valence-corrected chi connectivity index (χ3v) is 1.92. The predicted octanol–water partition coefficient (Wildman–Crippen LogP) is -0.271. The Bertz CT molecular complexity index is 263. The van der Waals surface area contributed by atoms with E-state index in [0.717, 1.165) is 0 Å². The molecule has 0 aromatic heterocycles. The van der Waals surface area contributed by atoms with Crippen molar-refractivity contribution < 1.29 is 24.6 Å². The fourth-order valence-electron chi connectivity index (χ4n) is 1.00. The zero-order valence-electron chi connectivity index (χ0n) is 8.69. The third-order valence-electron chi connectivity index (χ3n) is 1.92. The van der Waals surface area contributed by atoms with Crippen LogP contribution < -0.4 is 5.32 Å². The van der Waals surface area contributed by atoms with Crippen molar-refractivity contribution in [3.8, 4) is 0 Å². The van der Waals surface area contributed by atoms with E-state index >= 15 is 0 Å². The van der Waals surface area contributed by atoms with Crippen LogP contribution in [0.2, 0.25) is 0 Å². The zero-order valence-corrected chi connectivity index (χ0v) is 8.69. The molecule has 2 atom stereocenters. The van der Waals surface area contributed by atoms with Gasteiger partial charge in [0.25, 0.3) is 0 Å². The van der Waals surface area contributed by atoms with Gasteiger partial charge in [0.1, 0.15) is 11.8 Å². The lowest BCUT2D eigenvalue weighted by Crippen LogP contribution is -2.39. The number of carboxylic acids is 2. The molecule has 0 amide bonds. The van der Waals surface area contributed by atoms with Gasteiger partial charge in [-0.1, -0.05) is 0 Å². The summed E-state index contributed by atoms with van der Waals surface area (Å²) in [6.45, 7) is 2.69. The number of nitrogens with one attached hydrogen (secondary N) is 1. The van der Waals surface area contributed by atoms with Crippen LogP contribution in [0.4, 0.5) is 0 Å². The molecule has 15 heavy (non-hydrogen) atoms. The van der Waals surface area contributed by atoms with E-state index in [1.165, 1.54) is 13.8 Å². The van der Waals surface area contributed by atoms with Gasteiger partial charge in [-0.2, -0.15) is 0 Å². The standard InChI is InChI=1S/C9H15NO5/c1-5(11)3-7(9(14)15)4-10-6(2)8(12)13/h6-7,10H,3-4H2,1-2H3,(H,12,13)(H,14,15). The van der Waals surface area contributed by atoms with E-state index in [4.69, 9.17) is 10.2 Å². The maximum atomic E-state index is 10.7. The minimum absolute atomic E-state index is 0.0254. The topological polar surface area (TPSA) is 104 Å². The minimum atomic E-state index is -1.10. The molecule has 0 aliphatic carbocycles. The lowest BCUT2D eigenvalue weighted by molar-refractivity contribution is -0.144. The summed E-state index contributed by atoms with van der Waals surface area (Å²) in [5.74, 6) is -3.26. The van der Waals surface area contributed by atoms with Gasteiger partial charge in [0, 0.05) is 13.0 Å². The zero-order chi connectivity index (χ0) is 12.0. The van der Waals surface area contributed by atoms with Crippen LogP contribution in [-0.2, 0) is 14.4 Å². The first-order chi connectivity index (χ1) is 6.84. The fourth-order valence-corrected chi connectivity index (χ4v) is 1.00. The minimum Gasteiger partial charge on any atom is -0.481 e. The van der Waals surface area contributed by atoms with E-state index in [2.05, 4.69) is 5.32 Å². The molecule has 0 aliphatic rings. The van der Waals surface area contributed by atoms with Crippen molar-refractivity contribution in [1.82, 2.24) is 5.32 Å². The van der Waals surface area contributed by atoms with Crippen LogP contribution in [0.5, 0.6) is 0 Å². The van der Waals surface area contributed by atoms with E-state index < -0.39 is 23.9 Å². The van der Waals surface area contributed by atoms with Crippen molar-refractivity contribution in [2.24, 2.45) is 5.92 Å². The second-order valence-corrected chi connectivity index (χ2v) is 3.41. The molecule has 0 aromatic rings. The molecule has 0 aliphatic heterocycles. The maximum absolute atomic E-state index is 10.7. The normalized spacial score (nSPS) is 14.3. The van der Waals surface area contributed by atoms with Crippen LogP contribution in [0, 0.1) is 5.92 Å². The van der Waals surface area contributed by atoms with E-state index in [-0.39, 0.29) is 18.7 Å². The van der Waals surface area contributed by atoms with Crippen molar-refractivity contribution in [3.63, 3.8) is 0 Å². The van der Waals surface area contributed by atoms with Gasteiger partial charge in [-0.25, -0.2) is 0 Å². The summed E-state index contributed by atoms with van der Waals surface area (Å²) in [6, 6.07) is -0.821. The van der Waals surface area contributed by atoms with E-state index in [1.807, 2.05) is 0 Å². The number of Topliss-reactive ketones (excluding diaryl/α,β-unsaturated/α-hetero) is 1. The largest absolute Gasteiger partial charge is 0.481 e. The number of hydrogen-bond donors (Lipinski definition) is 3. The quantitative estimate of drug-likeness (QED) is 0.542. The smallest absolute Gasteiger partial charge is 0.320 e. The van der Waals surface area contributed by atoms with Crippen LogP contribution >= 0.6 is 0 Å². The average molecular weight is 217 g/mol. The molecule has 2 unspecified atom stereocenters. The highest BCUT2D eigenvalue weighted by atomic mass is 16.4. The van der Waals surface area contributed by atoms with Crippen LogP contribution in [0.25, 0.3) is 0 Å². The molecule has 0 heterocycles. The highest BCUT2D eigenvalue weighted by Gasteiger charge is 2.21. The molecule has 6 heteroatoms. The molecular weight excluding hydrogens is 202 g/mol. The lowest BCUT2D eigenvalue weighted by Gasteiger charge is -2.14. The molecule has 0 radical (unpaired) electrons. The Morgan fingerprint density at radius 1 is 1.20 bits per heavy atom. The Morgan fingerprint density at radius 2 is 1.73 bits per heavy atom. The number of carbonyl (C=O) groups excluding carboxylic acids is 1. The maximum Gasteiger partial charge on any atom is 0.320 e. The van der Waals surface area contributed by atoms with Crippen molar-refractivity contribution in [2.45, 2.75) is 26.3 Å². The van der Waals surface area contributed by atoms with Crippen LogP contribution in [0.1, 0.15) is 20.3 Å². The Morgan fingerprint density at radius 3 is 2.07 bits per heavy atom. The summed E-state index contributed by atoms with van der Waals surface area (Å²) in [5, 5.41) is 19.8. The third kappa shape index (κ3) is 5.79. The van der Waals surface area contributed by atoms with Gasteiger partial charge in [0.05, 0.1) is 5.92 Å². The first-order valence-electron chi connectivity index (χ1n) is 4.53. The number of carboxylic acid groups (broad SMARTS) is 2. The summed E-state index contributed by atoms with van der Waals surface area (Å²) in [4.78, 5) is 31.8. The Hall–Kier alpha value is -1.43. The fraction of sp³-hybridized carbons (Fsp3) is 0.667. The molecule has 86 valence electrons. The molecule has 3 N–H and O–H groups in total. The molecule has 0 spiro atoms. The summed E-state index contributed by atoms with van der Waals surface area (Å²) in [5.41, 5.74) is 0. The number of rotatable bonds is 7. The van der Waals surface area contributed by atoms with E-state index in [0.29, 0.717) is 0 Å². The van der Waals surface area contributed by atoms with Gasteiger partial charge >= 0.3 is 11.9 Å². The number of carbonyl (C=O) groups is 3. The Balaban J connectivity index is 4.13. The van der Waals surface area contributed by atoms with Crippen molar-refractivity contribution >= 4 is 17.7 Å². The highest BCUT2D eigenvalue weighted by molar-refractivity contribution is 5.82. The second-order valence-electron chi connectivity index (χ2n) is 3.41. The lowest BCUT2D eigenvalue weighted by atomic mass is 10.0. The van der Waals surface area contributed by atoms with Crippen molar-refractivity contribution in [2.75, 3.05) is 6.54 Å². The average Bonchev–Trinajstić information content (AvgIpc) is 2.10. The Labute approximate surface area is 87.3 Å². The van der Waals surface area contributed by atoms with Crippen LogP contribution in [-0.4, -0.2) is 40.5 Å². The molecule has 0 aromatic carbocycles. The molecule has 0 fully saturated rings.